The van der Waals surface area contributed by atoms with Gasteiger partial charge in [0.25, 0.3) is 0 Å². The lowest BCUT2D eigenvalue weighted by molar-refractivity contribution is 0.0745. The molecule has 1 aliphatic rings. The van der Waals surface area contributed by atoms with E-state index in [1.54, 1.807) is 0 Å². The second kappa shape index (κ2) is 4.55. The summed E-state index contributed by atoms with van der Waals surface area (Å²) in [7, 11) is 0. The van der Waals surface area contributed by atoms with E-state index in [1.807, 2.05) is 0 Å². The Hall–Kier alpha value is -0.520. The minimum atomic E-state index is -0.557. The molecule has 0 aromatic heterocycles. The van der Waals surface area contributed by atoms with Crippen LogP contribution in [0.3, 0.4) is 0 Å². The van der Waals surface area contributed by atoms with Crippen molar-refractivity contribution in [3.8, 4) is 0 Å². The average molecular weight is 278 g/mol. The van der Waals surface area contributed by atoms with Crippen LogP contribution >= 0.6 is 15.9 Å². The molecule has 0 unspecified atom stereocenters. The highest BCUT2D eigenvalue weighted by Gasteiger charge is 2.23. The molecule has 1 fully saturated rings. The molecule has 1 saturated heterocycles. The molecule has 0 saturated carbocycles. The van der Waals surface area contributed by atoms with Crippen molar-refractivity contribution in [2.45, 2.75) is 6.04 Å². The van der Waals surface area contributed by atoms with Crippen LogP contribution in [0.1, 0.15) is 11.6 Å². The van der Waals surface area contributed by atoms with Gasteiger partial charge in [0, 0.05) is 12.1 Å². The van der Waals surface area contributed by atoms with Crippen molar-refractivity contribution < 1.29 is 13.5 Å². The second-order valence-corrected chi connectivity index (χ2v) is 4.19. The molecule has 1 N–H and O–H groups in total. The summed E-state index contributed by atoms with van der Waals surface area (Å²) in [6, 6.07) is 2.20. The van der Waals surface area contributed by atoms with E-state index in [9.17, 15) is 8.78 Å². The van der Waals surface area contributed by atoms with E-state index >= 15 is 0 Å². The standard InChI is InChI=1S/C10H10BrF2NO/c11-6-1-2-7(12)9(10(6)13)8-5-15-4-3-14-8/h1-2,8,14H,3-5H2/t8-/m0/s1. The van der Waals surface area contributed by atoms with Crippen LogP contribution in [-0.4, -0.2) is 19.8 Å². The summed E-state index contributed by atoms with van der Waals surface area (Å²) in [5.41, 5.74) is 0.0454. The third-order valence-corrected chi connectivity index (χ3v) is 2.96. The lowest BCUT2D eigenvalue weighted by Gasteiger charge is -2.25. The van der Waals surface area contributed by atoms with Gasteiger partial charge in [0.1, 0.15) is 11.6 Å². The number of hydrogen-bond donors (Lipinski definition) is 1. The maximum absolute atomic E-state index is 13.7. The molecule has 15 heavy (non-hydrogen) atoms. The predicted molar refractivity (Wildman–Crippen MR) is 55.6 cm³/mol. The summed E-state index contributed by atoms with van der Waals surface area (Å²) >= 11 is 3.04. The molecule has 1 atom stereocenters. The normalized spacial score (nSPS) is 21.7. The molecule has 82 valence electrons. The second-order valence-electron chi connectivity index (χ2n) is 3.34. The molecule has 1 aromatic carbocycles. The first-order valence-electron chi connectivity index (χ1n) is 4.64. The lowest BCUT2D eigenvalue weighted by atomic mass is 10.1. The summed E-state index contributed by atoms with van der Waals surface area (Å²) in [5, 5.41) is 3.02. The van der Waals surface area contributed by atoms with Crippen LogP contribution in [0.25, 0.3) is 0 Å². The number of nitrogens with one attached hydrogen (secondary N) is 1. The number of benzene rings is 1. The summed E-state index contributed by atoms with van der Waals surface area (Å²) in [4.78, 5) is 0. The van der Waals surface area contributed by atoms with E-state index in [0.717, 1.165) is 0 Å². The fraction of sp³-hybridized carbons (Fsp3) is 0.400. The highest BCUT2D eigenvalue weighted by atomic mass is 79.9. The lowest BCUT2D eigenvalue weighted by Crippen LogP contribution is -2.35. The molecular weight excluding hydrogens is 268 g/mol. The Bertz CT molecular complexity index is 367. The van der Waals surface area contributed by atoms with Crippen LogP contribution in [0.2, 0.25) is 0 Å². The molecule has 1 aliphatic heterocycles. The number of hydrogen-bond acceptors (Lipinski definition) is 2. The Balaban J connectivity index is 2.36. The van der Waals surface area contributed by atoms with E-state index in [1.165, 1.54) is 12.1 Å². The van der Waals surface area contributed by atoms with Crippen LogP contribution in [0.4, 0.5) is 8.78 Å². The van der Waals surface area contributed by atoms with E-state index in [4.69, 9.17) is 4.74 Å². The Morgan fingerprint density at radius 3 is 2.87 bits per heavy atom. The van der Waals surface area contributed by atoms with Crippen LogP contribution in [0, 0.1) is 11.6 Å². The third-order valence-electron chi connectivity index (χ3n) is 2.35. The van der Waals surface area contributed by atoms with Crippen molar-refractivity contribution in [3.05, 3.63) is 33.8 Å². The molecule has 0 bridgehead atoms. The van der Waals surface area contributed by atoms with Crippen molar-refractivity contribution in [1.82, 2.24) is 5.32 Å². The zero-order chi connectivity index (χ0) is 10.8. The summed E-state index contributed by atoms with van der Waals surface area (Å²) in [5.74, 6) is -1.10. The van der Waals surface area contributed by atoms with Gasteiger partial charge < -0.3 is 10.1 Å². The van der Waals surface area contributed by atoms with E-state index in [0.29, 0.717) is 19.8 Å². The van der Waals surface area contributed by atoms with Gasteiger partial charge in [-0.3, -0.25) is 0 Å². The summed E-state index contributed by atoms with van der Waals surface area (Å²) in [6.07, 6.45) is 0. The van der Waals surface area contributed by atoms with Gasteiger partial charge >= 0.3 is 0 Å². The average Bonchev–Trinajstić information content (AvgIpc) is 2.26. The zero-order valence-electron chi connectivity index (χ0n) is 7.90. The molecule has 2 nitrogen and oxygen atoms in total. The Labute approximate surface area is 94.7 Å². The number of rotatable bonds is 1. The first-order valence-corrected chi connectivity index (χ1v) is 5.44. The molecule has 0 aliphatic carbocycles. The number of ether oxygens (including phenoxy) is 1. The van der Waals surface area contributed by atoms with Gasteiger partial charge in [-0.15, -0.1) is 0 Å². The fourth-order valence-corrected chi connectivity index (χ4v) is 1.96. The van der Waals surface area contributed by atoms with Gasteiger partial charge in [0.2, 0.25) is 0 Å². The zero-order valence-corrected chi connectivity index (χ0v) is 9.48. The largest absolute Gasteiger partial charge is 0.378 e. The Morgan fingerprint density at radius 2 is 2.20 bits per heavy atom. The van der Waals surface area contributed by atoms with E-state index in [2.05, 4.69) is 21.2 Å². The first kappa shape index (κ1) is 11.0. The van der Waals surface area contributed by atoms with E-state index in [-0.39, 0.29) is 10.0 Å². The maximum Gasteiger partial charge on any atom is 0.145 e. The molecule has 0 spiro atoms. The van der Waals surface area contributed by atoms with Gasteiger partial charge in [-0.05, 0) is 28.1 Å². The van der Waals surface area contributed by atoms with Crippen LogP contribution in [-0.2, 0) is 4.74 Å². The molecule has 1 heterocycles. The van der Waals surface area contributed by atoms with Gasteiger partial charge in [0.15, 0.2) is 0 Å². The SMILES string of the molecule is Fc1ccc(Br)c(F)c1[C@@H]1COCCN1. The van der Waals surface area contributed by atoms with Crippen molar-refractivity contribution in [3.63, 3.8) is 0 Å². The highest BCUT2D eigenvalue weighted by molar-refractivity contribution is 9.10. The van der Waals surface area contributed by atoms with Crippen molar-refractivity contribution in [2.24, 2.45) is 0 Å². The summed E-state index contributed by atoms with van der Waals surface area (Å²) in [6.45, 7) is 1.48. The molecule has 0 radical (unpaired) electrons. The fourth-order valence-electron chi connectivity index (χ4n) is 1.61. The predicted octanol–water partition coefficient (Wildman–Crippen LogP) is 2.39. The maximum atomic E-state index is 13.7. The number of halogens is 3. The van der Waals surface area contributed by atoms with Crippen molar-refractivity contribution >= 4 is 15.9 Å². The summed E-state index contributed by atoms with van der Waals surface area (Å²) < 4.78 is 32.6. The van der Waals surface area contributed by atoms with Gasteiger partial charge in [-0.1, -0.05) is 0 Å². The number of morpholine rings is 1. The van der Waals surface area contributed by atoms with Crippen molar-refractivity contribution in [1.29, 1.82) is 0 Å². The minimum Gasteiger partial charge on any atom is -0.378 e. The smallest absolute Gasteiger partial charge is 0.145 e. The Morgan fingerprint density at radius 1 is 1.40 bits per heavy atom. The molecule has 1 aromatic rings. The molecule has 5 heteroatoms. The van der Waals surface area contributed by atoms with Crippen LogP contribution in [0.15, 0.2) is 16.6 Å². The van der Waals surface area contributed by atoms with Crippen molar-refractivity contribution in [2.75, 3.05) is 19.8 Å². The first-order chi connectivity index (χ1) is 7.20. The molecule has 2 rings (SSSR count). The van der Waals surface area contributed by atoms with Gasteiger partial charge in [-0.25, -0.2) is 8.78 Å². The monoisotopic (exact) mass is 277 g/mol. The topological polar surface area (TPSA) is 21.3 Å². The third kappa shape index (κ3) is 2.19. The van der Waals surface area contributed by atoms with Crippen LogP contribution < -0.4 is 5.32 Å². The van der Waals surface area contributed by atoms with Gasteiger partial charge in [-0.2, -0.15) is 0 Å². The highest BCUT2D eigenvalue weighted by Crippen LogP contribution is 2.27. The molecular formula is C10H10BrF2NO. The van der Waals surface area contributed by atoms with Crippen LogP contribution in [0.5, 0.6) is 0 Å². The Kier molecular flexibility index (Phi) is 3.33. The van der Waals surface area contributed by atoms with E-state index < -0.39 is 17.7 Å². The minimum absolute atomic E-state index is 0.0454. The molecule has 0 amide bonds. The quantitative estimate of drug-likeness (QED) is 0.796. The van der Waals surface area contributed by atoms with Gasteiger partial charge in [0.05, 0.1) is 23.7 Å².